The molecule has 0 saturated heterocycles. The highest BCUT2D eigenvalue weighted by Crippen LogP contribution is 2.25. The van der Waals surface area contributed by atoms with E-state index in [2.05, 4.69) is 4.99 Å². The van der Waals surface area contributed by atoms with Gasteiger partial charge in [0.1, 0.15) is 0 Å². The van der Waals surface area contributed by atoms with E-state index in [0.29, 0.717) is 13.0 Å². The summed E-state index contributed by atoms with van der Waals surface area (Å²) < 4.78 is 39.7. The van der Waals surface area contributed by atoms with Gasteiger partial charge < -0.3 is 4.57 Å². The van der Waals surface area contributed by atoms with E-state index in [9.17, 15) is 13.2 Å². The Morgan fingerprint density at radius 1 is 1.33 bits per heavy atom. The molecule has 5 heteroatoms. The molecule has 15 heavy (non-hydrogen) atoms. The first-order valence-electron chi connectivity index (χ1n) is 4.78. The summed E-state index contributed by atoms with van der Waals surface area (Å²) in [5, 5.41) is 0. The summed E-state index contributed by atoms with van der Waals surface area (Å²) >= 11 is 0. The highest BCUT2D eigenvalue weighted by molar-refractivity contribution is 6.03. The van der Waals surface area contributed by atoms with E-state index in [4.69, 9.17) is 0 Å². The van der Waals surface area contributed by atoms with Gasteiger partial charge in [-0.25, -0.2) is 0 Å². The van der Waals surface area contributed by atoms with Crippen LogP contribution in [0.2, 0.25) is 0 Å². The van der Waals surface area contributed by atoms with Gasteiger partial charge in [0.2, 0.25) is 0 Å². The second-order valence-corrected chi connectivity index (χ2v) is 3.59. The molecule has 1 aliphatic rings. The molecule has 0 atom stereocenters. The molecule has 2 heterocycles. The Hall–Kier alpha value is -1.26. The molecule has 0 aliphatic carbocycles. The SMILES string of the molecule is Cc1ccc2n1CCCN=C2C(F)(F)F. The lowest BCUT2D eigenvalue weighted by molar-refractivity contribution is -0.0584. The molecular formula is C10H11F3N2. The van der Waals surface area contributed by atoms with Crippen molar-refractivity contribution in [2.45, 2.75) is 26.1 Å². The molecule has 0 unspecified atom stereocenters. The van der Waals surface area contributed by atoms with Gasteiger partial charge >= 0.3 is 6.18 Å². The average Bonchev–Trinajstić information content (AvgIpc) is 2.36. The van der Waals surface area contributed by atoms with Crippen LogP contribution in [0, 0.1) is 6.92 Å². The molecule has 0 bridgehead atoms. The average molecular weight is 216 g/mol. The number of aromatic nitrogens is 1. The van der Waals surface area contributed by atoms with Crippen molar-refractivity contribution in [2.75, 3.05) is 6.54 Å². The van der Waals surface area contributed by atoms with Crippen LogP contribution in [0.4, 0.5) is 13.2 Å². The molecule has 2 nitrogen and oxygen atoms in total. The molecule has 0 aromatic carbocycles. The van der Waals surface area contributed by atoms with Crippen LogP contribution in [-0.4, -0.2) is 23.0 Å². The number of rotatable bonds is 0. The molecule has 82 valence electrons. The molecule has 0 amide bonds. The summed E-state index contributed by atoms with van der Waals surface area (Å²) in [7, 11) is 0. The third-order valence-electron chi connectivity index (χ3n) is 2.52. The zero-order chi connectivity index (χ0) is 11.1. The Balaban J connectivity index is 2.53. The van der Waals surface area contributed by atoms with Gasteiger partial charge in [0.15, 0.2) is 5.71 Å². The van der Waals surface area contributed by atoms with Gasteiger partial charge in [-0.05, 0) is 25.5 Å². The van der Waals surface area contributed by atoms with Crippen molar-refractivity contribution < 1.29 is 13.2 Å². The summed E-state index contributed by atoms with van der Waals surface area (Å²) in [6.45, 7) is 2.66. The monoisotopic (exact) mass is 216 g/mol. The van der Waals surface area contributed by atoms with Gasteiger partial charge in [-0.15, -0.1) is 0 Å². The van der Waals surface area contributed by atoms with E-state index in [1.807, 2.05) is 6.92 Å². The summed E-state index contributed by atoms with van der Waals surface area (Å²) in [6, 6.07) is 3.19. The van der Waals surface area contributed by atoms with Gasteiger partial charge in [0, 0.05) is 18.8 Å². The number of aliphatic imine (C=N–C) groups is 1. The first-order chi connectivity index (χ1) is 7.00. The lowest BCUT2D eigenvalue weighted by atomic mass is 10.2. The third kappa shape index (κ3) is 1.78. The summed E-state index contributed by atoms with van der Waals surface area (Å²) in [4.78, 5) is 3.62. The van der Waals surface area contributed by atoms with Crippen molar-refractivity contribution in [3.8, 4) is 0 Å². The first-order valence-corrected chi connectivity index (χ1v) is 4.78. The van der Waals surface area contributed by atoms with Crippen LogP contribution in [0.15, 0.2) is 17.1 Å². The van der Waals surface area contributed by atoms with Crippen LogP contribution in [-0.2, 0) is 6.54 Å². The van der Waals surface area contributed by atoms with Gasteiger partial charge in [-0.2, -0.15) is 13.2 Å². The number of fused-ring (bicyclic) bond motifs is 1. The number of hydrogen-bond acceptors (Lipinski definition) is 1. The van der Waals surface area contributed by atoms with Crippen molar-refractivity contribution >= 4 is 5.71 Å². The maximum absolute atomic E-state index is 12.7. The van der Waals surface area contributed by atoms with E-state index in [1.165, 1.54) is 6.07 Å². The second-order valence-electron chi connectivity index (χ2n) is 3.59. The molecule has 0 N–H and O–H groups in total. The van der Waals surface area contributed by atoms with Crippen molar-refractivity contribution in [3.63, 3.8) is 0 Å². The van der Waals surface area contributed by atoms with E-state index in [0.717, 1.165) is 5.69 Å². The topological polar surface area (TPSA) is 17.3 Å². The van der Waals surface area contributed by atoms with Crippen molar-refractivity contribution in [3.05, 3.63) is 23.5 Å². The maximum Gasteiger partial charge on any atom is 0.435 e. The molecule has 0 fully saturated rings. The highest BCUT2D eigenvalue weighted by atomic mass is 19.4. The van der Waals surface area contributed by atoms with Crippen LogP contribution in [0.5, 0.6) is 0 Å². The van der Waals surface area contributed by atoms with E-state index in [1.54, 1.807) is 10.6 Å². The van der Waals surface area contributed by atoms with Crippen LogP contribution in [0.1, 0.15) is 17.8 Å². The zero-order valence-electron chi connectivity index (χ0n) is 8.30. The Kier molecular flexibility index (Phi) is 2.32. The molecular weight excluding hydrogens is 205 g/mol. The fraction of sp³-hybridized carbons (Fsp3) is 0.500. The van der Waals surface area contributed by atoms with E-state index in [-0.39, 0.29) is 12.2 Å². The van der Waals surface area contributed by atoms with Crippen LogP contribution < -0.4 is 0 Å². The van der Waals surface area contributed by atoms with Crippen molar-refractivity contribution in [1.29, 1.82) is 0 Å². The highest BCUT2D eigenvalue weighted by Gasteiger charge is 2.38. The summed E-state index contributed by atoms with van der Waals surface area (Å²) in [6.07, 6.45) is -3.70. The number of nitrogens with zero attached hydrogens (tertiary/aromatic N) is 2. The Morgan fingerprint density at radius 3 is 2.73 bits per heavy atom. The van der Waals surface area contributed by atoms with Gasteiger partial charge in [0.05, 0.1) is 5.69 Å². The minimum atomic E-state index is -4.35. The molecule has 2 rings (SSSR count). The normalized spacial score (nSPS) is 16.9. The fourth-order valence-corrected chi connectivity index (χ4v) is 1.81. The standard InChI is InChI=1S/C10H11F3N2/c1-7-3-4-8-9(10(11,12)13)14-5-2-6-15(7)8/h3-4H,2,5-6H2,1H3. The minimum absolute atomic E-state index is 0.192. The van der Waals surface area contributed by atoms with Crippen LogP contribution in [0.25, 0.3) is 0 Å². The quantitative estimate of drug-likeness (QED) is 0.634. The van der Waals surface area contributed by atoms with E-state index < -0.39 is 11.9 Å². The summed E-state index contributed by atoms with van der Waals surface area (Å²) in [5.41, 5.74) is 0.300. The Labute approximate surface area is 85.4 Å². The fourth-order valence-electron chi connectivity index (χ4n) is 1.81. The number of hydrogen-bond donors (Lipinski definition) is 0. The second kappa shape index (κ2) is 3.40. The van der Waals surface area contributed by atoms with E-state index >= 15 is 0 Å². The zero-order valence-corrected chi connectivity index (χ0v) is 8.30. The molecule has 0 saturated carbocycles. The number of aryl methyl sites for hydroxylation is 1. The predicted molar refractivity (Wildman–Crippen MR) is 51.2 cm³/mol. The Morgan fingerprint density at radius 2 is 2.07 bits per heavy atom. The largest absolute Gasteiger partial charge is 0.435 e. The Bertz CT molecular complexity index is 401. The number of halogens is 3. The molecule has 0 spiro atoms. The van der Waals surface area contributed by atoms with Gasteiger partial charge in [-0.1, -0.05) is 0 Å². The smallest absolute Gasteiger partial charge is 0.344 e. The van der Waals surface area contributed by atoms with Crippen LogP contribution in [0.3, 0.4) is 0 Å². The lowest BCUT2D eigenvalue weighted by Crippen LogP contribution is -2.26. The lowest BCUT2D eigenvalue weighted by Gasteiger charge is -2.11. The summed E-state index contributed by atoms with van der Waals surface area (Å²) in [5.74, 6) is 0. The molecule has 1 aliphatic heterocycles. The van der Waals surface area contributed by atoms with Crippen molar-refractivity contribution in [1.82, 2.24) is 4.57 Å². The van der Waals surface area contributed by atoms with Gasteiger partial charge in [0.25, 0.3) is 0 Å². The predicted octanol–water partition coefficient (Wildman–Crippen LogP) is 2.55. The van der Waals surface area contributed by atoms with Crippen molar-refractivity contribution in [2.24, 2.45) is 4.99 Å². The van der Waals surface area contributed by atoms with Gasteiger partial charge in [-0.3, -0.25) is 4.99 Å². The maximum atomic E-state index is 12.7. The molecule has 1 aromatic rings. The third-order valence-corrected chi connectivity index (χ3v) is 2.52. The first kappa shape index (κ1) is 10.3. The molecule has 0 radical (unpaired) electrons. The van der Waals surface area contributed by atoms with Crippen LogP contribution >= 0.6 is 0 Å². The number of alkyl halides is 3. The minimum Gasteiger partial charge on any atom is -0.344 e. The molecule has 1 aromatic heterocycles.